The van der Waals surface area contributed by atoms with Gasteiger partial charge in [0, 0.05) is 31.0 Å². The molecule has 0 spiro atoms. The second-order valence-corrected chi connectivity index (χ2v) is 6.16. The van der Waals surface area contributed by atoms with Crippen LogP contribution in [0.2, 0.25) is 0 Å². The van der Waals surface area contributed by atoms with E-state index in [-0.39, 0.29) is 31.4 Å². The zero-order valence-electron chi connectivity index (χ0n) is 14.3. The van der Waals surface area contributed by atoms with Gasteiger partial charge in [0.15, 0.2) is 0 Å². The average Bonchev–Trinajstić information content (AvgIpc) is 3.22. The lowest BCUT2D eigenvalue weighted by molar-refractivity contribution is -0.123. The van der Waals surface area contributed by atoms with Crippen molar-refractivity contribution in [3.8, 4) is 0 Å². The van der Waals surface area contributed by atoms with E-state index in [1.165, 1.54) is 4.68 Å². The predicted octanol–water partition coefficient (Wildman–Crippen LogP) is 1.56. The minimum Gasteiger partial charge on any atom is -0.351 e. The highest BCUT2D eigenvalue weighted by Crippen LogP contribution is 2.25. The summed E-state index contributed by atoms with van der Waals surface area (Å²) >= 11 is 0. The third-order valence-corrected chi connectivity index (χ3v) is 3.97. The van der Waals surface area contributed by atoms with E-state index in [0.29, 0.717) is 5.69 Å². The third kappa shape index (κ3) is 6.00. The summed E-state index contributed by atoms with van der Waals surface area (Å²) in [6, 6.07) is 7.81. The number of hydrogen-bond donors (Lipinski definition) is 3. The maximum absolute atomic E-state index is 13.1. The SMILES string of the molecule is Cl.O=C(Cn1cccn1)Nc1cccc(CNC(=O)C2CC(F)(F)CN2)c1. The van der Waals surface area contributed by atoms with E-state index in [1.54, 1.807) is 42.7 Å². The zero-order chi connectivity index (χ0) is 18.6. The van der Waals surface area contributed by atoms with E-state index in [2.05, 4.69) is 21.0 Å². The van der Waals surface area contributed by atoms with Crippen molar-refractivity contribution in [1.82, 2.24) is 20.4 Å². The number of carbonyl (C=O) groups is 2. The Balaban J connectivity index is 0.00000261. The number of anilines is 1. The van der Waals surface area contributed by atoms with Crippen molar-refractivity contribution in [2.24, 2.45) is 0 Å². The van der Waals surface area contributed by atoms with Crippen molar-refractivity contribution in [1.29, 1.82) is 0 Å². The van der Waals surface area contributed by atoms with Crippen LogP contribution in [0.15, 0.2) is 42.7 Å². The smallest absolute Gasteiger partial charge is 0.262 e. The van der Waals surface area contributed by atoms with Crippen LogP contribution in [-0.2, 0) is 22.7 Å². The molecule has 1 aliphatic rings. The highest BCUT2D eigenvalue weighted by atomic mass is 35.5. The van der Waals surface area contributed by atoms with Gasteiger partial charge in [0.1, 0.15) is 6.54 Å². The first-order valence-corrected chi connectivity index (χ1v) is 8.16. The number of amides is 2. The molecule has 1 aromatic heterocycles. The largest absolute Gasteiger partial charge is 0.351 e. The summed E-state index contributed by atoms with van der Waals surface area (Å²) < 4.78 is 27.8. The molecule has 27 heavy (non-hydrogen) atoms. The van der Waals surface area contributed by atoms with Gasteiger partial charge >= 0.3 is 0 Å². The molecular formula is C17H20ClF2N5O2. The average molecular weight is 400 g/mol. The summed E-state index contributed by atoms with van der Waals surface area (Å²) in [6.07, 6.45) is 2.78. The molecule has 0 radical (unpaired) electrons. The van der Waals surface area contributed by atoms with Gasteiger partial charge in [-0.15, -0.1) is 12.4 Å². The molecule has 1 fully saturated rings. The van der Waals surface area contributed by atoms with E-state index in [1.807, 2.05) is 0 Å². The third-order valence-electron chi connectivity index (χ3n) is 3.97. The van der Waals surface area contributed by atoms with Crippen molar-refractivity contribution >= 4 is 29.9 Å². The van der Waals surface area contributed by atoms with E-state index < -0.39 is 30.8 Å². The van der Waals surface area contributed by atoms with Gasteiger partial charge in [-0.05, 0) is 23.8 Å². The summed E-state index contributed by atoms with van der Waals surface area (Å²) in [5.41, 5.74) is 1.33. The number of benzene rings is 1. The number of aromatic nitrogens is 2. The quantitative estimate of drug-likeness (QED) is 0.688. The Morgan fingerprint density at radius 2 is 2.15 bits per heavy atom. The molecule has 146 valence electrons. The monoisotopic (exact) mass is 399 g/mol. The minimum atomic E-state index is -2.85. The maximum Gasteiger partial charge on any atom is 0.262 e. The summed E-state index contributed by atoms with van der Waals surface area (Å²) in [5.74, 6) is -3.54. The summed E-state index contributed by atoms with van der Waals surface area (Å²) in [6.45, 7) is -0.205. The van der Waals surface area contributed by atoms with Crippen molar-refractivity contribution in [3.05, 3.63) is 48.3 Å². The lowest BCUT2D eigenvalue weighted by Gasteiger charge is -2.12. The molecule has 1 saturated heterocycles. The van der Waals surface area contributed by atoms with Crippen LogP contribution in [0.1, 0.15) is 12.0 Å². The lowest BCUT2D eigenvalue weighted by atomic mass is 10.1. The number of carbonyl (C=O) groups excluding carboxylic acids is 2. The Kier molecular flexibility index (Phi) is 6.86. The van der Waals surface area contributed by atoms with E-state index in [9.17, 15) is 18.4 Å². The van der Waals surface area contributed by atoms with Gasteiger partial charge in [-0.2, -0.15) is 5.10 Å². The fraction of sp³-hybridized carbons (Fsp3) is 0.353. The highest BCUT2D eigenvalue weighted by molar-refractivity contribution is 5.90. The van der Waals surface area contributed by atoms with E-state index >= 15 is 0 Å². The summed E-state index contributed by atoms with van der Waals surface area (Å²) in [4.78, 5) is 23.9. The van der Waals surface area contributed by atoms with Gasteiger partial charge in [-0.3, -0.25) is 19.6 Å². The molecule has 3 N–H and O–H groups in total. The van der Waals surface area contributed by atoms with Gasteiger partial charge in [-0.1, -0.05) is 12.1 Å². The number of nitrogens with one attached hydrogen (secondary N) is 3. The van der Waals surface area contributed by atoms with Crippen LogP contribution in [0.5, 0.6) is 0 Å². The molecule has 1 aromatic carbocycles. The second kappa shape index (κ2) is 8.92. The van der Waals surface area contributed by atoms with Gasteiger partial charge in [0.25, 0.3) is 5.92 Å². The van der Waals surface area contributed by atoms with Gasteiger partial charge < -0.3 is 10.6 Å². The summed E-state index contributed by atoms with van der Waals surface area (Å²) in [7, 11) is 0. The number of nitrogens with zero attached hydrogens (tertiary/aromatic N) is 2. The molecule has 1 atom stereocenters. The fourth-order valence-corrected chi connectivity index (χ4v) is 2.71. The second-order valence-electron chi connectivity index (χ2n) is 6.16. The molecule has 10 heteroatoms. The van der Waals surface area contributed by atoms with Gasteiger partial charge in [0.2, 0.25) is 11.8 Å². The number of rotatable bonds is 6. The molecule has 2 aromatic rings. The Hall–Kier alpha value is -2.52. The Bertz CT molecular complexity index is 785. The van der Waals surface area contributed by atoms with Gasteiger partial charge in [-0.25, -0.2) is 8.78 Å². The van der Waals surface area contributed by atoms with Crippen molar-refractivity contribution in [2.75, 3.05) is 11.9 Å². The van der Waals surface area contributed by atoms with Crippen molar-refractivity contribution < 1.29 is 18.4 Å². The number of halogens is 3. The molecule has 0 saturated carbocycles. The highest BCUT2D eigenvalue weighted by Gasteiger charge is 2.42. The standard InChI is InChI=1S/C17H19F2N5O2.ClH/c18-17(19)8-14(21-11-17)16(26)20-9-12-3-1-4-13(7-12)23-15(25)10-24-6-2-5-22-24;/h1-7,14,21H,8-11H2,(H,20,26)(H,23,25);1H. The number of hydrogen-bond acceptors (Lipinski definition) is 4. The molecule has 1 aliphatic heterocycles. The van der Waals surface area contributed by atoms with Crippen LogP contribution >= 0.6 is 12.4 Å². The van der Waals surface area contributed by atoms with Crippen LogP contribution in [0.25, 0.3) is 0 Å². The first-order valence-electron chi connectivity index (χ1n) is 8.16. The van der Waals surface area contributed by atoms with Crippen LogP contribution < -0.4 is 16.0 Å². The Labute approximate surface area is 160 Å². The summed E-state index contributed by atoms with van der Waals surface area (Å²) in [5, 5.41) is 11.9. The first-order chi connectivity index (χ1) is 12.4. The van der Waals surface area contributed by atoms with Crippen molar-refractivity contribution in [2.45, 2.75) is 31.5 Å². The van der Waals surface area contributed by atoms with Crippen LogP contribution in [0, 0.1) is 0 Å². The topological polar surface area (TPSA) is 88.1 Å². The van der Waals surface area contributed by atoms with Crippen molar-refractivity contribution in [3.63, 3.8) is 0 Å². The maximum atomic E-state index is 13.1. The predicted molar refractivity (Wildman–Crippen MR) is 97.7 cm³/mol. The fourth-order valence-electron chi connectivity index (χ4n) is 2.71. The first kappa shape index (κ1) is 20.8. The minimum absolute atomic E-state index is 0. The van der Waals surface area contributed by atoms with Crippen LogP contribution in [0.4, 0.5) is 14.5 Å². The zero-order valence-corrected chi connectivity index (χ0v) is 15.1. The molecule has 3 rings (SSSR count). The Morgan fingerprint density at radius 1 is 1.33 bits per heavy atom. The van der Waals surface area contributed by atoms with Crippen LogP contribution in [0.3, 0.4) is 0 Å². The molecule has 0 bridgehead atoms. The molecule has 2 heterocycles. The molecule has 2 amide bonds. The lowest BCUT2D eigenvalue weighted by Crippen LogP contribution is -2.40. The number of alkyl halides is 2. The van der Waals surface area contributed by atoms with E-state index in [4.69, 9.17) is 0 Å². The molecule has 1 unspecified atom stereocenters. The van der Waals surface area contributed by atoms with E-state index in [0.717, 1.165) is 5.56 Å². The van der Waals surface area contributed by atoms with Crippen LogP contribution in [-0.4, -0.2) is 40.1 Å². The molecule has 7 nitrogen and oxygen atoms in total. The molecule has 0 aliphatic carbocycles. The molecular weight excluding hydrogens is 380 g/mol. The van der Waals surface area contributed by atoms with Gasteiger partial charge in [0.05, 0.1) is 12.6 Å². The Morgan fingerprint density at radius 3 is 2.81 bits per heavy atom. The normalized spacial score (nSPS) is 17.8.